The van der Waals surface area contributed by atoms with Gasteiger partial charge in [-0.2, -0.15) is 0 Å². The van der Waals surface area contributed by atoms with Gasteiger partial charge >= 0.3 is 0 Å². The molecule has 5 heteroatoms. The van der Waals surface area contributed by atoms with Crippen LogP contribution in [0.15, 0.2) is 65.3 Å². The van der Waals surface area contributed by atoms with Crippen molar-refractivity contribution in [1.29, 1.82) is 0 Å². The summed E-state index contributed by atoms with van der Waals surface area (Å²) in [5.74, 6) is -0.0272. The average Bonchev–Trinajstić information content (AvgIpc) is 2.63. The van der Waals surface area contributed by atoms with Gasteiger partial charge in [0.15, 0.2) is 11.5 Å². The van der Waals surface area contributed by atoms with Gasteiger partial charge < -0.3 is 5.11 Å². The number of fused-ring (bicyclic) bond motifs is 5. The number of hydrogen-bond acceptors (Lipinski definition) is 4. The Labute approximate surface area is 147 Å². The summed E-state index contributed by atoms with van der Waals surface area (Å²) in [6, 6.07) is 10.5. The Kier molecular flexibility index (Phi) is 2.91. The van der Waals surface area contributed by atoms with E-state index in [9.17, 15) is 14.7 Å². The van der Waals surface area contributed by atoms with E-state index < -0.39 is 0 Å². The Morgan fingerprint density at radius 2 is 1.68 bits per heavy atom. The smallest absolute Gasteiger partial charge is 0.229 e. The van der Waals surface area contributed by atoms with Crippen molar-refractivity contribution in [3.8, 4) is 0 Å². The zero-order valence-corrected chi connectivity index (χ0v) is 13.8. The van der Waals surface area contributed by atoms with Crippen molar-refractivity contribution >= 4 is 34.7 Å². The predicted molar refractivity (Wildman–Crippen MR) is 94.9 cm³/mol. The molecule has 1 aliphatic heterocycles. The third kappa shape index (κ3) is 1.99. The maximum atomic E-state index is 13.1. The molecular formula is C20H12NO3S+. The molecule has 0 aromatic heterocycles. The molecule has 25 heavy (non-hydrogen) atoms. The van der Waals surface area contributed by atoms with Crippen LogP contribution in [0.1, 0.15) is 31.8 Å². The minimum Gasteiger partial charge on any atom is -0.508 e. The predicted octanol–water partition coefficient (Wildman–Crippen LogP) is 2.10. The van der Waals surface area contributed by atoms with Gasteiger partial charge in [0.05, 0.1) is 4.90 Å². The highest BCUT2D eigenvalue weighted by Crippen LogP contribution is 2.39. The molecule has 2 aromatic rings. The first-order valence-electron chi connectivity index (χ1n) is 7.88. The van der Waals surface area contributed by atoms with Gasteiger partial charge in [-0.1, -0.05) is 24.3 Å². The first-order chi connectivity index (χ1) is 12.1. The second-order valence-corrected chi connectivity index (χ2v) is 7.29. The molecule has 1 heterocycles. The van der Waals surface area contributed by atoms with Gasteiger partial charge in [-0.3, -0.25) is 9.59 Å². The average molecular weight is 346 g/mol. The van der Waals surface area contributed by atoms with E-state index in [-0.39, 0.29) is 22.6 Å². The number of nitrogens with one attached hydrogen (secondary N) is 1. The van der Waals surface area contributed by atoms with Crippen LogP contribution in [0.5, 0.6) is 0 Å². The van der Waals surface area contributed by atoms with Gasteiger partial charge in [-0.05, 0) is 24.3 Å². The molecule has 0 fully saturated rings. The molecule has 0 radical (unpaired) electrons. The van der Waals surface area contributed by atoms with E-state index in [4.69, 9.17) is 0 Å². The topological polar surface area (TPSA) is 68.3 Å². The fraction of sp³-hybridized carbons (Fsp3) is 0.0500. The molecule has 0 spiro atoms. The molecule has 0 saturated heterocycles. The van der Waals surface area contributed by atoms with Crippen molar-refractivity contribution in [2.24, 2.45) is 0 Å². The van der Waals surface area contributed by atoms with E-state index in [1.165, 1.54) is 0 Å². The lowest BCUT2D eigenvalue weighted by Crippen LogP contribution is -2.71. The van der Waals surface area contributed by atoms with Gasteiger partial charge in [-0.25, -0.2) is 4.99 Å². The van der Waals surface area contributed by atoms with Crippen molar-refractivity contribution in [1.82, 2.24) is 0 Å². The third-order valence-electron chi connectivity index (χ3n) is 4.64. The molecular weight excluding hydrogens is 334 g/mol. The van der Waals surface area contributed by atoms with Crippen molar-refractivity contribution < 1.29 is 19.7 Å². The number of thioether (sulfide) groups is 1. The Morgan fingerprint density at radius 3 is 2.48 bits per heavy atom. The SMILES string of the molecule is O=C1c2ccccc2C(=O)c2c1ccc1c2[NH+]=C2C=CC(O)=CC2S1. The van der Waals surface area contributed by atoms with E-state index in [1.54, 1.807) is 60.3 Å². The van der Waals surface area contributed by atoms with Gasteiger partial charge in [0, 0.05) is 22.8 Å². The van der Waals surface area contributed by atoms with E-state index in [0.717, 1.165) is 10.6 Å². The number of carbonyl (C=O) groups is 2. The van der Waals surface area contributed by atoms with Crippen LogP contribution in [-0.4, -0.2) is 27.6 Å². The number of ketones is 2. The molecule has 2 aliphatic carbocycles. The van der Waals surface area contributed by atoms with Crippen LogP contribution in [-0.2, 0) is 0 Å². The molecule has 0 bridgehead atoms. The molecule has 1 unspecified atom stereocenters. The molecule has 5 rings (SSSR count). The summed E-state index contributed by atoms with van der Waals surface area (Å²) in [4.78, 5) is 30.1. The van der Waals surface area contributed by atoms with E-state index >= 15 is 0 Å². The van der Waals surface area contributed by atoms with E-state index in [2.05, 4.69) is 4.99 Å². The minimum absolute atomic E-state index is 0.0303. The molecule has 3 aliphatic rings. The van der Waals surface area contributed by atoms with Gasteiger partial charge in [0.25, 0.3) is 0 Å². The third-order valence-corrected chi connectivity index (χ3v) is 5.88. The lowest BCUT2D eigenvalue weighted by atomic mass is 9.83. The monoisotopic (exact) mass is 346 g/mol. The number of aliphatic hydroxyl groups excluding tert-OH is 1. The normalized spacial score (nSPS) is 20.1. The highest BCUT2D eigenvalue weighted by molar-refractivity contribution is 8.01. The van der Waals surface area contributed by atoms with Crippen LogP contribution in [0, 0.1) is 0 Å². The maximum absolute atomic E-state index is 13.1. The van der Waals surface area contributed by atoms with Crippen molar-refractivity contribution in [3.63, 3.8) is 0 Å². The van der Waals surface area contributed by atoms with Gasteiger partial charge in [0.1, 0.15) is 16.6 Å². The highest BCUT2D eigenvalue weighted by atomic mass is 32.2. The Hall–Kier alpha value is -2.92. The summed E-state index contributed by atoms with van der Waals surface area (Å²) in [7, 11) is 0. The second kappa shape index (κ2) is 5.04. The molecule has 120 valence electrons. The van der Waals surface area contributed by atoms with Crippen LogP contribution >= 0.6 is 11.8 Å². The summed E-state index contributed by atoms with van der Waals surface area (Å²) in [6.45, 7) is 0. The summed E-state index contributed by atoms with van der Waals surface area (Å²) >= 11 is 1.55. The zero-order valence-electron chi connectivity index (χ0n) is 12.9. The number of aliphatic hydroxyl groups is 1. The number of rotatable bonds is 0. The standard InChI is InChI=1S/C20H11NO3S/c22-10-5-7-14-16(9-10)25-15-8-6-13-17(18(15)21-14)20(24)12-4-2-1-3-11(12)19(13)23/h1-9,16,22H/p+1. The van der Waals surface area contributed by atoms with Crippen LogP contribution < -0.4 is 4.99 Å². The van der Waals surface area contributed by atoms with Crippen LogP contribution in [0.4, 0.5) is 5.69 Å². The minimum atomic E-state index is -0.132. The lowest BCUT2D eigenvalue weighted by molar-refractivity contribution is -0.358. The van der Waals surface area contributed by atoms with Crippen molar-refractivity contribution in [2.75, 3.05) is 0 Å². The number of allylic oxidation sites excluding steroid dienone is 2. The number of benzene rings is 2. The fourth-order valence-electron chi connectivity index (χ4n) is 3.45. The second-order valence-electron chi connectivity index (χ2n) is 6.11. The van der Waals surface area contributed by atoms with E-state index in [1.807, 2.05) is 6.07 Å². The summed E-state index contributed by atoms with van der Waals surface area (Å²) in [6.07, 6.45) is 5.18. The number of hydrogen-bond donors (Lipinski definition) is 2. The first kappa shape index (κ1) is 14.4. The van der Waals surface area contributed by atoms with Crippen molar-refractivity contribution in [2.45, 2.75) is 10.1 Å². The molecule has 2 N–H and O–H groups in total. The molecule has 1 atom stereocenters. The molecule has 2 aromatic carbocycles. The summed E-state index contributed by atoms with van der Waals surface area (Å²) in [5.41, 5.74) is 3.35. The quantitative estimate of drug-likeness (QED) is 0.654. The van der Waals surface area contributed by atoms with Crippen LogP contribution in [0.25, 0.3) is 0 Å². The van der Waals surface area contributed by atoms with E-state index in [0.29, 0.717) is 27.9 Å². The molecule has 0 amide bonds. The summed E-state index contributed by atoms with van der Waals surface area (Å²) in [5, 5.41) is 9.66. The fourth-order valence-corrected chi connectivity index (χ4v) is 4.61. The van der Waals surface area contributed by atoms with Crippen molar-refractivity contribution in [3.05, 3.63) is 82.6 Å². The Bertz CT molecular complexity index is 1080. The highest BCUT2D eigenvalue weighted by Gasteiger charge is 2.38. The molecule has 4 nitrogen and oxygen atoms in total. The van der Waals surface area contributed by atoms with Gasteiger partial charge in [-0.15, -0.1) is 11.8 Å². The first-order valence-corrected chi connectivity index (χ1v) is 8.76. The summed E-state index contributed by atoms with van der Waals surface area (Å²) < 4.78 is 0. The van der Waals surface area contributed by atoms with Gasteiger partial charge in [0.2, 0.25) is 11.5 Å². The van der Waals surface area contributed by atoms with Crippen LogP contribution in [0.3, 0.4) is 0 Å². The lowest BCUT2D eigenvalue weighted by Gasteiger charge is -2.22. The zero-order chi connectivity index (χ0) is 17.1. The Morgan fingerprint density at radius 1 is 0.920 bits per heavy atom. The largest absolute Gasteiger partial charge is 0.508 e. The van der Waals surface area contributed by atoms with Crippen LogP contribution in [0.2, 0.25) is 0 Å². The molecule has 0 saturated carbocycles. The number of carbonyl (C=O) groups excluding carboxylic acids is 2. The Balaban J connectivity index is 1.75. The maximum Gasteiger partial charge on any atom is 0.229 e.